The summed E-state index contributed by atoms with van der Waals surface area (Å²) in [6.45, 7) is 0. The smallest absolute Gasteiger partial charge is 0.194 e. The summed E-state index contributed by atoms with van der Waals surface area (Å²) in [6.07, 6.45) is 0. The highest BCUT2D eigenvalue weighted by molar-refractivity contribution is 6.35. The molecule has 2 aromatic carbocycles. The first-order chi connectivity index (χ1) is 9.96. The number of benzene rings is 2. The van der Waals surface area contributed by atoms with Crippen LogP contribution in [0.25, 0.3) is 0 Å². The van der Waals surface area contributed by atoms with E-state index < -0.39 is 17.4 Å². The first kappa shape index (κ1) is 15.3. The van der Waals surface area contributed by atoms with Gasteiger partial charge in [0.25, 0.3) is 0 Å². The molecule has 3 nitrogen and oxygen atoms in total. The van der Waals surface area contributed by atoms with Gasteiger partial charge in [-0.2, -0.15) is 0 Å². The molecule has 0 aromatic heterocycles. The lowest BCUT2D eigenvalue weighted by molar-refractivity contribution is 0.103. The fourth-order valence-corrected chi connectivity index (χ4v) is 2.03. The summed E-state index contributed by atoms with van der Waals surface area (Å²) < 4.78 is 36.5. The Hall–Kier alpha value is -2.14. The molecule has 0 atom stereocenters. The Morgan fingerprint density at radius 2 is 1.48 bits per heavy atom. The lowest BCUT2D eigenvalue weighted by atomic mass is 10.0. The summed E-state index contributed by atoms with van der Waals surface area (Å²) in [7, 11) is 2.88. The van der Waals surface area contributed by atoms with Crippen LogP contribution >= 0.6 is 11.6 Å². The second kappa shape index (κ2) is 6.10. The van der Waals surface area contributed by atoms with Crippen molar-refractivity contribution in [3.63, 3.8) is 0 Å². The molecule has 2 aromatic rings. The predicted octanol–water partition coefficient (Wildman–Crippen LogP) is 3.87. The van der Waals surface area contributed by atoms with Crippen LogP contribution in [-0.2, 0) is 0 Å². The molecule has 0 spiro atoms. The first-order valence-corrected chi connectivity index (χ1v) is 6.26. The van der Waals surface area contributed by atoms with E-state index in [2.05, 4.69) is 0 Å². The van der Waals surface area contributed by atoms with E-state index >= 15 is 0 Å². The van der Waals surface area contributed by atoms with Crippen LogP contribution in [0, 0.1) is 11.6 Å². The zero-order valence-electron chi connectivity index (χ0n) is 11.2. The quantitative estimate of drug-likeness (QED) is 0.635. The third kappa shape index (κ3) is 3.13. The third-order valence-electron chi connectivity index (χ3n) is 2.87. The maximum atomic E-state index is 13.3. The molecule has 0 saturated heterocycles. The van der Waals surface area contributed by atoms with Crippen LogP contribution < -0.4 is 9.47 Å². The molecule has 0 fully saturated rings. The summed E-state index contributed by atoms with van der Waals surface area (Å²) in [6, 6.07) is 6.04. The van der Waals surface area contributed by atoms with Crippen molar-refractivity contribution in [1.82, 2.24) is 0 Å². The molecule has 6 heteroatoms. The third-order valence-corrected chi connectivity index (χ3v) is 3.18. The predicted molar refractivity (Wildman–Crippen MR) is 74.3 cm³/mol. The molecule has 21 heavy (non-hydrogen) atoms. The number of carbonyl (C=O) groups excluding carboxylic acids is 1. The number of carbonyl (C=O) groups is 1. The minimum atomic E-state index is -1.14. The molecule has 0 aliphatic heterocycles. The second-order valence-electron chi connectivity index (χ2n) is 4.18. The molecule has 110 valence electrons. The lowest BCUT2D eigenvalue weighted by Gasteiger charge is -2.09. The fraction of sp³-hybridized carbons (Fsp3) is 0.133. The van der Waals surface area contributed by atoms with Gasteiger partial charge < -0.3 is 9.47 Å². The monoisotopic (exact) mass is 312 g/mol. The SMILES string of the molecule is COc1cc(OC)cc(C(=O)c2cc(F)c(F)cc2Cl)c1. The highest BCUT2D eigenvalue weighted by Gasteiger charge is 2.18. The van der Waals surface area contributed by atoms with Crippen LogP contribution in [0.5, 0.6) is 11.5 Å². The van der Waals surface area contributed by atoms with Gasteiger partial charge in [-0.25, -0.2) is 8.78 Å². The van der Waals surface area contributed by atoms with Crippen molar-refractivity contribution < 1.29 is 23.0 Å². The summed E-state index contributed by atoms with van der Waals surface area (Å²) >= 11 is 5.80. The topological polar surface area (TPSA) is 35.5 Å². The van der Waals surface area contributed by atoms with Gasteiger partial charge in [-0.1, -0.05) is 11.6 Å². The van der Waals surface area contributed by atoms with Gasteiger partial charge in [0.2, 0.25) is 0 Å². The van der Waals surface area contributed by atoms with Gasteiger partial charge in [-0.15, -0.1) is 0 Å². The van der Waals surface area contributed by atoms with Gasteiger partial charge >= 0.3 is 0 Å². The zero-order chi connectivity index (χ0) is 15.6. The van der Waals surface area contributed by atoms with E-state index in [0.29, 0.717) is 11.5 Å². The lowest BCUT2D eigenvalue weighted by Crippen LogP contribution is -2.05. The van der Waals surface area contributed by atoms with Crippen molar-refractivity contribution in [2.75, 3.05) is 14.2 Å². The largest absolute Gasteiger partial charge is 0.497 e. The Morgan fingerprint density at radius 3 is 2.00 bits per heavy atom. The summed E-state index contributed by atoms with van der Waals surface area (Å²) in [5.74, 6) is -2.01. The van der Waals surface area contributed by atoms with Crippen LogP contribution in [0.3, 0.4) is 0 Å². The molecular formula is C15H11ClF2O3. The number of ketones is 1. The van der Waals surface area contributed by atoms with Crippen molar-refractivity contribution >= 4 is 17.4 Å². The normalized spacial score (nSPS) is 10.3. The van der Waals surface area contributed by atoms with Gasteiger partial charge in [0.15, 0.2) is 17.4 Å². The van der Waals surface area contributed by atoms with Crippen LogP contribution in [-0.4, -0.2) is 20.0 Å². The number of hydrogen-bond acceptors (Lipinski definition) is 3. The molecule has 0 amide bonds. The number of rotatable bonds is 4. The molecule has 0 unspecified atom stereocenters. The van der Waals surface area contributed by atoms with Gasteiger partial charge in [-0.05, 0) is 24.3 Å². The van der Waals surface area contributed by atoms with E-state index in [1.807, 2.05) is 0 Å². The number of halogens is 3. The average Bonchev–Trinajstić information content (AvgIpc) is 2.49. The molecule has 0 radical (unpaired) electrons. The van der Waals surface area contributed by atoms with Crippen molar-refractivity contribution in [2.24, 2.45) is 0 Å². The molecule has 0 aliphatic rings. The Balaban J connectivity index is 2.52. The van der Waals surface area contributed by atoms with Crippen LogP contribution in [0.15, 0.2) is 30.3 Å². The maximum Gasteiger partial charge on any atom is 0.194 e. The minimum Gasteiger partial charge on any atom is -0.497 e. The molecule has 2 rings (SSSR count). The summed E-state index contributed by atoms with van der Waals surface area (Å²) in [5, 5.41) is -0.166. The Labute approximate surface area is 125 Å². The Bertz CT molecular complexity index is 679. The Morgan fingerprint density at radius 1 is 0.952 bits per heavy atom. The fourth-order valence-electron chi connectivity index (χ4n) is 1.79. The van der Waals surface area contributed by atoms with E-state index in [4.69, 9.17) is 21.1 Å². The average molecular weight is 313 g/mol. The van der Waals surface area contributed by atoms with E-state index in [-0.39, 0.29) is 16.1 Å². The zero-order valence-corrected chi connectivity index (χ0v) is 12.0. The van der Waals surface area contributed by atoms with Crippen LogP contribution in [0.2, 0.25) is 5.02 Å². The van der Waals surface area contributed by atoms with Crippen molar-refractivity contribution in [1.29, 1.82) is 0 Å². The number of methoxy groups -OCH3 is 2. The van der Waals surface area contributed by atoms with Crippen LogP contribution in [0.4, 0.5) is 8.78 Å². The molecule has 0 bridgehead atoms. The summed E-state index contributed by atoms with van der Waals surface area (Å²) in [4.78, 5) is 12.4. The minimum absolute atomic E-state index is 0.133. The van der Waals surface area contributed by atoms with Crippen LogP contribution in [0.1, 0.15) is 15.9 Å². The highest BCUT2D eigenvalue weighted by atomic mass is 35.5. The van der Waals surface area contributed by atoms with Crippen molar-refractivity contribution in [2.45, 2.75) is 0 Å². The van der Waals surface area contributed by atoms with Gasteiger partial charge in [0.05, 0.1) is 19.2 Å². The number of ether oxygens (including phenoxy) is 2. The maximum absolute atomic E-state index is 13.3. The highest BCUT2D eigenvalue weighted by Crippen LogP contribution is 2.27. The van der Waals surface area contributed by atoms with E-state index in [0.717, 1.165) is 12.1 Å². The molecule has 0 aliphatic carbocycles. The molecule has 0 saturated carbocycles. The van der Waals surface area contributed by atoms with Gasteiger partial charge in [-0.3, -0.25) is 4.79 Å². The van der Waals surface area contributed by atoms with E-state index in [9.17, 15) is 13.6 Å². The van der Waals surface area contributed by atoms with Crippen molar-refractivity contribution in [3.05, 3.63) is 58.1 Å². The second-order valence-corrected chi connectivity index (χ2v) is 4.58. The first-order valence-electron chi connectivity index (χ1n) is 5.88. The summed E-state index contributed by atoms with van der Waals surface area (Å²) in [5.41, 5.74) is 0.0602. The standard InChI is InChI=1S/C15H11ClF2O3/c1-20-9-3-8(4-10(5-9)21-2)15(19)11-6-13(17)14(18)7-12(11)16/h3-7H,1-2H3. The van der Waals surface area contributed by atoms with E-state index in [1.54, 1.807) is 6.07 Å². The van der Waals surface area contributed by atoms with Crippen molar-refractivity contribution in [3.8, 4) is 11.5 Å². The Kier molecular flexibility index (Phi) is 4.43. The van der Waals surface area contributed by atoms with E-state index in [1.165, 1.54) is 26.4 Å². The molecular weight excluding hydrogens is 302 g/mol. The molecule has 0 heterocycles. The molecule has 0 N–H and O–H groups in total. The number of hydrogen-bond donors (Lipinski definition) is 0. The van der Waals surface area contributed by atoms with Gasteiger partial charge in [0.1, 0.15) is 11.5 Å². The van der Waals surface area contributed by atoms with Gasteiger partial charge in [0, 0.05) is 17.2 Å².